The molecule has 1 heteroatoms. The van der Waals surface area contributed by atoms with Crippen molar-refractivity contribution < 1.29 is 4.74 Å². The summed E-state index contributed by atoms with van der Waals surface area (Å²) in [5.41, 5.74) is 2.04. The highest BCUT2D eigenvalue weighted by Crippen LogP contribution is 2.22. The maximum absolute atomic E-state index is 5.16. The third-order valence-corrected chi connectivity index (χ3v) is 1.61. The minimum Gasteiger partial charge on any atom is -0.496 e. The van der Waals surface area contributed by atoms with E-state index in [9.17, 15) is 0 Å². The van der Waals surface area contributed by atoms with Crippen LogP contribution < -0.4 is 4.74 Å². The van der Waals surface area contributed by atoms with Gasteiger partial charge in [-0.1, -0.05) is 24.8 Å². The molecule has 0 aliphatic rings. The number of ether oxygens (including phenoxy) is 1. The molecule has 0 aliphatic heterocycles. The lowest BCUT2D eigenvalue weighted by atomic mass is 10.1. The molecule has 0 bridgehead atoms. The van der Waals surface area contributed by atoms with Crippen LogP contribution in [0, 0.1) is 13.0 Å². The molecule has 1 aromatic rings. The fourth-order valence-corrected chi connectivity index (χ4v) is 1.06. The molecule has 1 nitrogen and oxygen atoms in total. The SMILES string of the molecule is C=[C]c1cccc(C)c1OC. The summed E-state index contributed by atoms with van der Waals surface area (Å²) in [4.78, 5) is 0. The van der Waals surface area contributed by atoms with Crippen molar-refractivity contribution in [3.8, 4) is 5.75 Å². The first-order valence-electron chi connectivity index (χ1n) is 3.46. The van der Waals surface area contributed by atoms with Crippen LogP contribution in [-0.4, -0.2) is 7.11 Å². The summed E-state index contributed by atoms with van der Waals surface area (Å²) < 4.78 is 5.16. The Kier molecular flexibility index (Phi) is 2.32. The zero-order chi connectivity index (χ0) is 8.27. The third-order valence-electron chi connectivity index (χ3n) is 1.61. The number of benzene rings is 1. The van der Waals surface area contributed by atoms with E-state index in [4.69, 9.17) is 4.74 Å². The summed E-state index contributed by atoms with van der Waals surface area (Å²) in [5.74, 6) is 0.863. The van der Waals surface area contributed by atoms with Crippen molar-refractivity contribution >= 4 is 0 Å². The Hall–Kier alpha value is -1.24. The van der Waals surface area contributed by atoms with Crippen LogP contribution in [-0.2, 0) is 0 Å². The molecule has 0 aromatic heterocycles. The van der Waals surface area contributed by atoms with Gasteiger partial charge in [-0.15, -0.1) is 0 Å². The normalized spacial score (nSPS) is 9.27. The quantitative estimate of drug-likeness (QED) is 0.624. The molecule has 0 spiro atoms. The lowest BCUT2D eigenvalue weighted by molar-refractivity contribution is 0.410. The van der Waals surface area contributed by atoms with Crippen molar-refractivity contribution in [2.45, 2.75) is 6.92 Å². The maximum atomic E-state index is 5.16. The molecular formula is C10H11O. The summed E-state index contributed by atoms with van der Waals surface area (Å²) in [6, 6.07) is 5.89. The number of hydrogen-bond donors (Lipinski definition) is 0. The highest BCUT2D eigenvalue weighted by atomic mass is 16.5. The summed E-state index contributed by atoms with van der Waals surface area (Å²) in [6.45, 7) is 5.58. The van der Waals surface area contributed by atoms with E-state index >= 15 is 0 Å². The molecule has 0 unspecified atom stereocenters. The van der Waals surface area contributed by atoms with E-state index in [1.807, 2.05) is 25.1 Å². The van der Waals surface area contributed by atoms with Crippen molar-refractivity contribution in [2.75, 3.05) is 7.11 Å². The molecule has 11 heavy (non-hydrogen) atoms. The Morgan fingerprint density at radius 3 is 2.64 bits per heavy atom. The Morgan fingerprint density at radius 2 is 2.18 bits per heavy atom. The monoisotopic (exact) mass is 147 g/mol. The average Bonchev–Trinajstić information content (AvgIpc) is 2.04. The largest absolute Gasteiger partial charge is 0.496 e. The summed E-state index contributed by atoms with van der Waals surface area (Å²) >= 11 is 0. The van der Waals surface area contributed by atoms with Crippen molar-refractivity contribution in [3.05, 3.63) is 42.0 Å². The molecule has 1 rings (SSSR count). The summed E-state index contributed by atoms with van der Waals surface area (Å²) in [5, 5.41) is 0. The Bertz CT molecular complexity index is 264. The van der Waals surface area contributed by atoms with E-state index in [2.05, 4.69) is 12.7 Å². The molecule has 0 saturated heterocycles. The van der Waals surface area contributed by atoms with E-state index in [-0.39, 0.29) is 0 Å². The van der Waals surface area contributed by atoms with Crippen LogP contribution in [0.2, 0.25) is 0 Å². The predicted octanol–water partition coefficient (Wildman–Crippen LogP) is 2.34. The number of aryl methyl sites for hydroxylation is 1. The maximum Gasteiger partial charge on any atom is 0.129 e. The van der Waals surface area contributed by atoms with Crippen LogP contribution >= 0.6 is 0 Å². The molecule has 1 aromatic carbocycles. The Balaban J connectivity index is 3.23. The molecule has 0 saturated carbocycles. The lowest BCUT2D eigenvalue weighted by Crippen LogP contribution is -1.90. The van der Waals surface area contributed by atoms with Gasteiger partial charge >= 0.3 is 0 Å². The first kappa shape index (κ1) is 7.86. The molecule has 0 aliphatic carbocycles. The Labute approximate surface area is 67.3 Å². The van der Waals surface area contributed by atoms with Gasteiger partial charge in [-0.25, -0.2) is 0 Å². The van der Waals surface area contributed by atoms with Gasteiger partial charge in [0.1, 0.15) is 5.75 Å². The van der Waals surface area contributed by atoms with Crippen molar-refractivity contribution in [3.63, 3.8) is 0 Å². The van der Waals surface area contributed by atoms with Crippen molar-refractivity contribution in [1.29, 1.82) is 0 Å². The third kappa shape index (κ3) is 1.43. The number of methoxy groups -OCH3 is 1. The minimum absolute atomic E-state index is 0.863. The molecule has 0 fully saturated rings. The number of hydrogen-bond acceptors (Lipinski definition) is 1. The fourth-order valence-electron chi connectivity index (χ4n) is 1.06. The minimum atomic E-state index is 0.863. The van der Waals surface area contributed by atoms with Crippen molar-refractivity contribution in [1.82, 2.24) is 0 Å². The van der Waals surface area contributed by atoms with Crippen LogP contribution in [0.15, 0.2) is 24.8 Å². The van der Waals surface area contributed by atoms with Crippen LogP contribution in [0.4, 0.5) is 0 Å². The van der Waals surface area contributed by atoms with E-state index in [1.165, 1.54) is 0 Å². The molecular weight excluding hydrogens is 136 g/mol. The number of para-hydroxylation sites is 1. The van der Waals surface area contributed by atoms with E-state index in [0.29, 0.717) is 0 Å². The van der Waals surface area contributed by atoms with Gasteiger partial charge in [0.15, 0.2) is 0 Å². The lowest BCUT2D eigenvalue weighted by Gasteiger charge is -2.06. The second-order valence-corrected chi connectivity index (χ2v) is 2.33. The van der Waals surface area contributed by atoms with Gasteiger partial charge in [-0.05, 0) is 18.6 Å². The molecule has 0 atom stereocenters. The molecule has 57 valence electrons. The van der Waals surface area contributed by atoms with E-state index in [1.54, 1.807) is 7.11 Å². The highest BCUT2D eigenvalue weighted by Gasteiger charge is 2.00. The van der Waals surface area contributed by atoms with Crippen LogP contribution in [0.3, 0.4) is 0 Å². The second kappa shape index (κ2) is 3.24. The first-order valence-corrected chi connectivity index (χ1v) is 3.46. The summed E-state index contributed by atoms with van der Waals surface area (Å²) in [6.07, 6.45) is 2.81. The molecule has 1 radical (unpaired) electrons. The zero-order valence-corrected chi connectivity index (χ0v) is 6.85. The fraction of sp³-hybridized carbons (Fsp3) is 0.200. The van der Waals surface area contributed by atoms with Crippen LogP contribution in [0.1, 0.15) is 11.1 Å². The highest BCUT2D eigenvalue weighted by molar-refractivity contribution is 5.43. The summed E-state index contributed by atoms with van der Waals surface area (Å²) in [7, 11) is 1.66. The van der Waals surface area contributed by atoms with Gasteiger partial charge < -0.3 is 4.74 Å². The van der Waals surface area contributed by atoms with E-state index in [0.717, 1.165) is 16.9 Å². The smallest absolute Gasteiger partial charge is 0.129 e. The van der Waals surface area contributed by atoms with Gasteiger partial charge in [0, 0.05) is 5.56 Å². The molecule has 0 heterocycles. The average molecular weight is 147 g/mol. The second-order valence-electron chi connectivity index (χ2n) is 2.33. The zero-order valence-electron chi connectivity index (χ0n) is 6.85. The van der Waals surface area contributed by atoms with Gasteiger partial charge in [-0.3, -0.25) is 0 Å². The number of rotatable bonds is 2. The standard InChI is InChI=1S/C10H11O/c1-4-9-7-5-6-8(2)10(9)11-3/h5-7H,1H2,2-3H3. The topological polar surface area (TPSA) is 9.23 Å². The van der Waals surface area contributed by atoms with Crippen LogP contribution in [0.25, 0.3) is 0 Å². The van der Waals surface area contributed by atoms with Gasteiger partial charge in [0.25, 0.3) is 0 Å². The molecule has 0 N–H and O–H groups in total. The van der Waals surface area contributed by atoms with Gasteiger partial charge in [0.05, 0.1) is 7.11 Å². The first-order chi connectivity index (χ1) is 5.29. The predicted molar refractivity (Wildman–Crippen MR) is 45.7 cm³/mol. The van der Waals surface area contributed by atoms with Crippen molar-refractivity contribution in [2.24, 2.45) is 0 Å². The van der Waals surface area contributed by atoms with Gasteiger partial charge in [0.2, 0.25) is 0 Å². The molecule has 0 amide bonds. The van der Waals surface area contributed by atoms with E-state index < -0.39 is 0 Å². The van der Waals surface area contributed by atoms with Gasteiger partial charge in [-0.2, -0.15) is 0 Å². The van der Waals surface area contributed by atoms with Crippen LogP contribution in [0.5, 0.6) is 5.75 Å². The Morgan fingerprint density at radius 1 is 1.45 bits per heavy atom.